The average Bonchev–Trinajstić information content (AvgIpc) is 2.47. The van der Waals surface area contributed by atoms with E-state index in [1.807, 2.05) is 19.9 Å². The Bertz CT molecular complexity index is 464. The van der Waals surface area contributed by atoms with Crippen LogP contribution < -0.4 is 20.1 Å². The number of hydrogen-bond donors (Lipinski definition) is 1. The maximum atomic E-state index is 6.18. The minimum Gasteiger partial charge on any atom is -0.490 e. The standard InChI is InChI=1S/C17H28N2O2/c1-5-20-16-8-7-14(11-17(16)21-6-2)19-10-9-15(18)12(3)13(19)4/h7-8,11-13,15H,5-6,9-10,18H2,1-4H3. The molecule has 0 radical (unpaired) electrons. The fraction of sp³-hybridized carbons (Fsp3) is 0.647. The van der Waals surface area contributed by atoms with Crippen LogP contribution in [0.4, 0.5) is 5.69 Å². The molecule has 2 N–H and O–H groups in total. The Hall–Kier alpha value is -1.42. The number of anilines is 1. The maximum Gasteiger partial charge on any atom is 0.163 e. The van der Waals surface area contributed by atoms with Crippen LogP contribution in [0, 0.1) is 5.92 Å². The van der Waals surface area contributed by atoms with Gasteiger partial charge in [0, 0.05) is 30.4 Å². The molecule has 0 bridgehead atoms. The van der Waals surface area contributed by atoms with Gasteiger partial charge in [-0.2, -0.15) is 0 Å². The summed E-state index contributed by atoms with van der Waals surface area (Å²) in [7, 11) is 0. The van der Waals surface area contributed by atoms with Crippen molar-refractivity contribution in [3.8, 4) is 11.5 Å². The number of hydrogen-bond acceptors (Lipinski definition) is 4. The molecular formula is C17H28N2O2. The van der Waals surface area contributed by atoms with Crippen LogP contribution in [0.3, 0.4) is 0 Å². The van der Waals surface area contributed by atoms with Gasteiger partial charge in [-0.15, -0.1) is 0 Å². The van der Waals surface area contributed by atoms with Crippen molar-refractivity contribution in [2.24, 2.45) is 11.7 Å². The number of rotatable bonds is 5. The highest BCUT2D eigenvalue weighted by atomic mass is 16.5. The van der Waals surface area contributed by atoms with Crippen molar-refractivity contribution in [2.45, 2.75) is 46.2 Å². The van der Waals surface area contributed by atoms with Gasteiger partial charge in [-0.05, 0) is 45.2 Å². The second kappa shape index (κ2) is 7.03. The molecule has 118 valence electrons. The van der Waals surface area contributed by atoms with E-state index >= 15 is 0 Å². The quantitative estimate of drug-likeness (QED) is 0.906. The third-order valence-electron chi connectivity index (χ3n) is 4.49. The van der Waals surface area contributed by atoms with E-state index in [0.29, 0.717) is 31.2 Å². The normalized spacial score (nSPS) is 25.8. The van der Waals surface area contributed by atoms with Crippen molar-refractivity contribution in [2.75, 3.05) is 24.7 Å². The number of nitrogens with zero attached hydrogens (tertiary/aromatic N) is 1. The van der Waals surface area contributed by atoms with E-state index < -0.39 is 0 Å². The Balaban J connectivity index is 2.25. The van der Waals surface area contributed by atoms with E-state index in [1.54, 1.807) is 0 Å². The Morgan fingerprint density at radius 3 is 2.48 bits per heavy atom. The average molecular weight is 292 g/mol. The molecule has 1 saturated heterocycles. The van der Waals surface area contributed by atoms with Gasteiger partial charge in [-0.25, -0.2) is 0 Å². The van der Waals surface area contributed by atoms with Gasteiger partial charge in [0.25, 0.3) is 0 Å². The SMILES string of the molecule is CCOc1ccc(N2CCC(N)C(C)C2C)cc1OCC. The van der Waals surface area contributed by atoms with Gasteiger partial charge in [0.1, 0.15) is 0 Å². The molecule has 1 heterocycles. The first-order valence-corrected chi connectivity index (χ1v) is 8.00. The molecule has 4 nitrogen and oxygen atoms in total. The monoisotopic (exact) mass is 292 g/mol. The largest absolute Gasteiger partial charge is 0.490 e. The topological polar surface area (TPSA) is 47.7 Å². The van der Waals surface area contributed by atoms with Crippen molar-refractivity contribution in [3.63, 3.8) is 0 Å². The van der Waals surface area contributed by atoms with E-state index in [4.69, 9.17) is 15.2 Å². The van der Waals surface area contributed by atoms with Gasteiger partial charge in [0.05, 0.1) is 13.2 Å². The molecular weight excluding hydrogens is 264 g/mol. The van der Waals surface area contributed by atoms with Gasteiger partial charge in [0.15, 0.2) is 11.5 Å². The predicted molar refractivity (Wildman–Crippen MR) is 87.3 cm³/mol. The minimum atomic E-state index is 0.297. The van der Waals surface area contributed by atoms with Crippen LogP contribution in [0.1, 0.15) is 34.1 Å². The van der Waals surface area contributed by atoms with Crippen LogP contribution in [-0.4, -0.2) is 31.8 Å². The van der Waals surface area contributed by atoms with Crippen LogP contribution >= 0.6 is 0 Å². The molecule has 0 amide bonds. The van der Waals surface area contributed by atoms with Crippen molar-refractivity contribution >= 4 is 5.69 Å². The van der Waals surface area contributed by atoms with E-state index in [-0.39, 0.29) is 0 Å². The zero-order chi connectivity index (χ0) is 15.4. The second-order valence-electron chi connectivity index (χ2n) is 5.74. The Morgan fingerprint density at radius 2 is 1.81 bits per heavy atom. The number of ether oxygens (including phenoxy) is 2. The highest BCUT2D eigenvalue weighted by Gasteiger charge is 2.30. The zero-order valence-electron chi connectivity index (χ0n) is 13.6. The fourth-order valence-corrected chi connectivity index (χ4v) is 2.98. The lowest BCUT2D eigenvalue weighted by atomic mass is 9.87. The molecule has 21 heavy (non-hydrogen) atoms. The molecule has 0 saturated carbocycles. The second-order valence-corrected chi connectivity index (χ2v) is 5.74. The molecule has 3 atom stereocenters. The molecule has 1 aromatic carbocycles. The summed E-state index contributed by atoms with van der Waals surface area (Å²) in [6, 6.07) is 6.95. The first kappa shape index (κ1) is 16.0. The summed E-state index contributed by atoms with van der Waals surface area (Å²) in [5.74, 6) is 2.13. The molecule has 1 aliphatic rings. The first-order valence-electron chi connectivity index (χ1n) is 8.00. The minimum absolute atomic E-state index is 0.297. The van der Waals surface area contributed by atoms with Crippen molar-refractivity contribution in [1.29, 1.82) is 0 Å². The summed E-state index contributed by atoms with van der Waals surface area (Å²) < 4.78 is 11.4. The van der Waals surface area contributed by atoms with Gasteiger partial charge < -0.3 is 20.1 Å². The Morgan fingerprint density at radius 1 is 1.14 bits per heavy atom. The van der Waals surface area contributed by atoms with Crippen molar-refractivity contribution < 1.29 is 9.47 Å². The Kier molecular flexibility index (Phi) is 5.34. The zero-order valence-corrected chi connectivity index (χ0v) is 13.6. The summed E-state index contributed by atoms with van der Waals surface area (Å²) in [6.07, 6.45) is 1.03. The molecule has 0 spiro atoms. The summed E-state index contributed by atoms with van der Waals surface area (Å²) in [5, 5.41) is 0. The van der Waals surface area contributed by atoms with E-state index in [0.717, 1.165) is 24.5 Å². The van der Waals surface area contributed by atoms with E-state index in [2.05, 4.69) is 30.9 Å². The highest BCUT2D eigenvalue weighted by molar-refractivity contribution is 5.57. The third-order valence-corrected chi connectivity index (χ3v) is 4.49. The summed E-state index contributed by atoms with van der Waals surface area (Å²) in [5.41, 5.74) is 7.37. The Labute approximate surface area is 128 Å². The molecule has 3 unspecified atom stereocenters. The fourth-order valence-electron chi connectivity index (χ4n) is 2.98. The van der Waals surface area contributed by atoms with Crippen LogP contribution in [0.15, 0.2) is 18.2 Å². The maximum absolute atomic E-state index is 6.18. The lowest BCUT2D eigenvalue weighted by Gasteiger charge is -2.43. The van der Waals surface area contributed by atoms with Gasteiger partial charge in [0.2, 0.25) is 0 Å². The summed E-state index contributed by atoms with van der Waals surface area (Å²) in [6.45, 7) is 10.7. The summed E-state index contributed by atoms with van der Waals surface area (Å²) in [4.78, 5) is 2.42. The lowest BCUT2D eigenvalue weighted by Crippen LogP contribution is -2.51. The lowest BCUT2D eigenvalue weighted by molar-refractivity contribution is 0.287. The van der Waals surface area contributed by atoms with Crippen LogP contribution in [-0.2, 0) is 0 Å². The highest BCUT2D eigenvalue weighted by Crippen LogP contribution is 2.35. The molecule has 0 aromatic heterocycles. The van der Waals surface area contributed by atoms with Crippen LogP contribution in [0.2, 0.25) is 0 Å². The van der Waals surface area contributed by atoms with Gasteiger partial charge >= 0.3 is 0 Å². The van der Waals surface area contributed by atoms with Gasteiger partial charge in [-0.3, -0.25) is 0 Å². The molecule has 2 rings (SSSR count). The molecule has 1 aliphatic heterocycles. The molecule has 1 fully saturated rings. The molecule has 4 heteroatoms. The van der Waals surface area contributed by atoms with Gasteiger partial charge in [-0.1, -0.05) is 6.92 Å². The smallest absolute Gasteiger partial charge is 0.163 e. The summed E-state index contributed by atoms with van der Waals surface area (Å²) >= 11 is 0. The predicted octanol–water partition coefficient (Wildman–Crippen LogP) is 3.05. The van der Waals surface area contributed by atoms with Crippen LogP contribution in [0.5, 0.6) is 11.5 Å². The molecule has 0 aliphatic carbocycles. The van der Waals surface area contributed by atoms with E-state index in [1.165, 1.54) is 5.69 Å². The third kappa shape index (κ3) is 3.43. The first-order chi connectivity index (χ1) is 10.1. The van der Waals surface area contributed by atoms with E-state index in [9.17, 15) is 0 Å². The number of benzene rings is 1. The van der Waals surface area contributed by atoms with Crippen molar-refractivity contribution in [1.82, 2.24) is 0 Å². The number of nitrogens with two attached hydrogens (primary N) is 1. The molecule has 1 aromatic rings. The van der Waals surface area contributed by atoms with Crippen LogP contribution in [0.25, 0.3) is 0 Å². The number of piperidine rings is 1. The van der Waals surface area contributed by atoms with Crippen molar-refractivity contribution in [3.05, 3.63) is 18.2 Å².